The Hall–Kier alpha value is -4.18. The molecule has 0 fully saturated rings. The fourth-order valence-corrected chi connectivity index (χ4v) is 3.96. The summed E-state index contributed by atoms with van der Waals surface area (Å²) in [5.74, 6) is 3.07. The van der Waals surface area contributed by atoms with Crippen LogP contribution in [0.2, 0.25) is 0 Å². The zero-order valence-electron chi connectivity index (χ0n) is 22.2. The van der Waals surface area contributed by atoms with Crippen molar-refractivity contribution in [2.75, 3.05) is 26.5 Å². The standard InChI is InChI=1S/C27H32N6O4/c1-16-13-17(2)33(31-16)24-14-23(28-26(30-24)22-12-11-18(3)36-22)29-27(34)19(4)37-21-10-8-9-20(15-32(5)6)25(21)35-7/h8-14,19H,15H2,1-7H3,(H,28,29,30,34). The molecule has 4 rings (SSSR count). The maximum atomic E-state index is 13.2. The monoisotopic (exact) mass is 504 g/mol. The second-order valence-electron chi connectivity index (χ2n) is 9.12. The molecule has 0 radical (unpaired) electrons. The maximum absolute atomic E-state index is 13.2. The van der Waals surface area contributed by atoms with E-state index < -0.39 is 6.10 Å². The van der Waals surface area contributed by atoms with Gasteiger partial charge >= 0.3 is 0 Å². The number of furan rings is 1. The van der Waals surface area contributed by atoms with Crippen LogP contribution >= 0.6 is 0 Å². The third-order valence-electron chi connectivity index (χ3n) is 5.58. The van der Waals surface area contributed by atoms with Gasteiger partial charge in [0.15, 0.2) is 35.0 Å². The first-order valence-corrected chi connectivity index (χ1v) is 11.9. The molecule has 37 heavy (non-hydrogen) atoms. The first kappa shape index (κ1) is 25.9. The van der Waals surface area contributed by atoms with Crippen LogP contribution in [-0.4, -0.2) is 57.9 Å². The Balaban J connectivity index is 1.61. The topological polar surface area (TPSA) is 108 Å². The molecule has 0 bridgehead atoms. The molecule has 4 aromatic rings. The van der Waals surface area contributed by atoms with E-state index in [9.17, 15) is 4.79 Å². The molecule has 1 aromatic carbocycles. The van der Waals surface area contributed by atoms with Crippen LogP contribution in [0.15, 0.2) is 46.9 Å². The number of aryl methyl sites for hydroxylation is 3. The van der Waals surface area contributed by atoms with Gasteiger partial charge in [-0.3, -0.25) is 4.79 Å². The van der Waals surface area contributed by atoms with Crippen LogP contribution in [0.5, 0.6) is 11.5 Å². The van der Waals surface area contributed by atoms with Crippen molar-refractivity contribution < 1.29 is 18.7 Å². The minimum atomic E-state index is -0.829. The van der Waals surface area contributed by atoms with Crippen LogP contribution in [0.25, 0.3) is 17.4 Å². The maximum Gasteiger partial charge on any atom is 0.266 e. The van der Waals surface area contributed by atoms with Crippen molar-refractivity contribution >= 4 is 11.7 Å². The third-order valence-corrected chi connectivity index (χ3v) is 5.58. The van der Waals surface area contributed by atoms with Gasteiger partial charge in [-0.15, -0.1) is 0 Å². The molecule has 0 spiro atoms. The van der Waals surface area contributed by atoms with E-state index in [2.05, 4.69) is 20.4 Å². The summed E-state index contributed by atoms with van der Waals surface area (Å²) in [5.41, 5.74) is 2.71. The highest BCUT2D eigenvalue weighted by Crippen LogP contribution is 2.32. The lowest BCUT2D eigenvalue weighted by Gasteiger charge is -2.20. The number of anilines is 1. The quantitative estimate of drug-likeness (QED) is 0.359. The molecule has 194 valence electrons. The van der Waals surface area contributed by atoms with Gasteiger partial charge in [0.2, 0.25) is 0 Å². The van der Waals surface area contributed by atoms with Gasteiger partial charge in [-0.05, 0) is 66.1 Å². The number of amides is 1. The smallest absolute Gasteiger partial charge is 0.266 e. The molecule has 0 aliphatic carbocycles. The summed E-state index contributed by atoms with van der Waals surface area (Å²) in [6, 6.07) is 12.9. The van der Waals surface area contributed by atoms with Crippen molar-refractivity contribution in [2.45, 2.75) is 40.3 Å². The van der Waals surface area contributed by atoms with Crippen molar-refractivity contribution in [1.82, 2.24) is 24.6 Å². The zero-order valence-corrected chi connectivity index (χ0v) is 22.2. The Morgan fingerprint density at radius 1 is 1.14 bits per heavy atom. The van der Waals surface area contributed by atoms with Gasteiger partial charge < -0.3 is 24.1 Å². The van der Waals surface area contributed by atoms with E-state index in [4.69, 9.17) is 13.9 Å². The Kier molecular flexibility index (Phi) is 7.58. The number of benzene rings is 1. The molecule has 1 atom stereocenters. The number of aromatic nitrogens is 4. The number of methoxy groups -OCH3 is 1. The summed E-state index contributed by atoms with van der Waals surface area (Å²) in [5, 5.41) is 7.37. The fraction of sp³-hybridized carbons (Fsp3) is 0.333. The number of nitrogens with zero attached hydrogens (tertiary/aromatic N) is 5. The van der Waals surface area contributed by atoms with Gasteiger partial charge in [0.1, 0.15) is 11.6 Å². The molecule has 10 nitrogen and oxygen atoms in total. The molecule has 1 N–H and O–H groups in total. The predicted octanol–water partition coefficient (Wildman–Crippen LogP) is 4.32. The highest BCUT2D eigenvalue weighted by Gasteiger charge is 2.21. The average molecular weight is 505 g/mol. The molecule has 3 heterocycles. The molecule has 0 aliphatic heterocycles. The van der Waals surface area contributed by atoms with Crippen LogP contribution in [0.1, 0.15) is 29.6 Å². The molecular weight excluding hydrogens is 472 g/mol. The molecule has 0 saturated carbocycles. The van der Waals surface area contributed by atoms with Crippen LogP contribution < -0.4 is 14.8 Å². The van der Waals surface area contributed by atoms with Crippen LogP contribution in [0, 0.1) is 20.8 Å². The number of para-hydroxylation sites is 1. The number of hydrogen-bond donors (Lipinski definition) is 1. The Morgan fingerprint density at radius 3 is 2.54 bits per heavy atom. The molecule has 1 amide bonds. The van der Waals surface area contributed by atoms with E-state index in [1.165, 1.54) is 0 Å². The normalized spacial score (nSPS) is 12.0. The second-order valence-corrected chi connectivity index (χ2v) is 9.12. The Labute approximate surface area is 216 Å². The summed E-state index contributed by atoms with van der Waals surface area (Å²) < 4.78 is 19.0. The van der Waals surface area contributed by atoms with E-state index in [1.807, 2.05) is 64.0 Å². The minimum absolute atomic E-state index is 0.301. The van der Waals surface area contributed by atoms with Crippen LogP contribution in [0.3, 0.4) is 0 Å². The predicted molar refractivity (Wildman–Crippen MR) is 140 cm³/mol. The number of hydrogen-bond acceptors (Lipinski definition) is 8. The summed E-state index contributed by atoms with van der Waals surface area (Å²) >= 11 is 0. The van der Waals surface area contributed by atoms with E-state index in [0.717, 1.165) is 22.7 Å². The number of carbonyl (C=O) groups excluding carboxylic acids is 1. The van der Waals surface area contributed by atoms with E-state index in [1.54, 1.807) is 36.9 Å². The molecule has 10 heteroatoms. The van der Waals surface area contributed by atoms with Crippen molar-refractivity contribution in [3.8, 4) is 28.9 Å². The first-order valence-electron chi connectivity index (χ1n) is 11.9. The van der Waals surface area contributed by atoms with Crippen LogP contribution in [-0.2, 0) is 11.3 Å². The molecule has 1 unspecified atom stereocenters. The van der Waals surface area contributed by atoms with Crippen LogP contribution in [0.4, 0.5) is 5.82 Å². The van der Waals surface area contributed by atoms with Gasteiger partial charge in [0.25, 0.3) is 5.91 Å². The fourth-order valence-electron chi connectivity index (χ4n) is 3.96. The molecular formula is C27H32N6O4. The number of ether oxygens (including phenoxy) is 2. The highest BCUT2D eigenvalue weighted by atomic mass is 16.5. The molecule has 0 saturated heterocycles. The summed E-state index contributed by atoms with van der Waals surface area (Å²) in [6.45, 7) is 8.03. The van der Waals surface area contributed by atoms with Gasteiger partial charge in [-0.1, -0.05) is 12.1 Å². The van der Waals surface area contributed by atoms with Gasteiger partial charge in [0.05, 0.1) is 12.8 Å². The van der Waals surface area contributed by atoms with Gasteiger partial charge in [0, 0.05) is 23.9 Å². The lowest BCUT2D eigenvalue weighted by Crippen LogP contribution is -2.31. The SMILES string of the molecule is COc1c(CN(C)C)cccc1OC(C)C(=O)Nc1cc(-n2nc(C)cc2C)nc(-c2ccc(C)o2)n1. The van der Waals surface area contributed by atoms with Crippen molar-refractivity contribution in [3.05, 3.63) is 65.2 Å². The summed E-state index contributed by atoms with van der Waals surface area (Å²) in [6.07, 6.45) is -0.829. The van der Waals surface area contributed by atoms with E-state index in [0.29, 0.717) is 41.3 Å². The Morgan fingerprint density at radius 2 is 1.92 bits per heavy atom. The largest absolute Gasteiger partial charge is 0.493 e. The lowest BCUT2D eigenvalue weighted by atomic mass is 10.1. The number of nitrogens with one attached hydrogen (secondary N) is 1. The van der Waals surface area contributed by atoms with E-state index >= 15 is 0 Å². The second kappa shape index (κ2) is 10.8. The summed E-state index contributed by atoms with van der Waals surface area (Å²) in [7, 11) is 5.54. The van der Waals surface area contributed by atoms with Crippen molar-refractivity contribution in [2.24, 2.45) is 0 Å². The van der Waals surface area contributed by atoms with Gasteiger partial charge in [-0.2, -0.15) is 5.10 Å². The first-order chi connectivity index (χ1) is 17.6. The van der Waals surface area contributed by atoms with E-state index in [-0.39, 0.29) is 5.91 Å². The van der Waals surface area contributed by atoms with Gasteiger partial charge in [-0.25, -0.2) is 14.6 Å². The molecule has 0 aliphatic rings. The van der Waals surface area contributed by atoms with Crippen molar-refractivity contribution in [1.29, 1.82) is 0 Å². The minimum Gasteiger partial charge on any atom is -0.493 e. The average Bonchev–Trinajstić information content (AvgIpc) is 3.43. The highest BCUT2D eigenvalue weighted by molar-refractivity contribution is 5.93. The Bertz CT molecular complexity index is 1410. The lowest BCUT2D eigenvalue weighted by molar-refractivity contribution is -0.122. The number of carbonyl (C=O) groups is 1. The van der Waals surface area contributed by atoms with Crippen molar-refractivity contribution in [3.63, 3.8) is 0 Å². The number of rotatable bonds is 9. The zero-order chi connectivity index (χ0) is 26.7. The summed E-state index contributed by atoms with van der Waals surface area (Å²) in [4.78, 5) is 24.3. The third kappa shape index (κ3) is 5.97. The molecule has 3 aromatic heterocycles.